The van der Waals surface area contributed by atoms with Crippen LogP contribution in [0.1, 0.15) is 10.4 Å². The Bertz CT molecular complexity index is 1520. The lowest BCUT2D eigenvalue weighted by atomic mass is 10.0. The molecule has 0 radical (unpaired) electrons. The molecular weight excluding hydrogens is 466 g/mol. The van der Waals surface area contributed by atoms with Gasteiger partial charge < -0.3 is 14.8 Å². The molecule has 1 N–H and O–H groups in total. The van der Waals surface area contributed by atoms with Crippen LogP contribution in [-0.2, 0) is 10.0 Å². The fraction of sp³-hybridized carbons (Fsp3) is 0.154. The van der Waals surface area contributed by atoms with Gasteiger partial charge in [0.1, 0.15) is 0 Å². The number of nitrogens with zero attached hydrogens (tertiary/aromatic N) is 2. The van der Waals surface area contributed by atoms with Crippen LogP contribution in [-0.4, -0.2) is 51.9 Å². The fourth-order valence-corrected chi connectivity index (χ4v) is 4.60. The number of pyridine rings is 1. The zero-order valence-corrected chi connectivity index (χ0v) is 20.6. The predicted octanol–water partition coefficient (Wildman–Crippen LogP) is 4.42. The topological polar surface area (TPSA) is 97.8 Å². The van der Waals surface area contributed by atoms with Crippen molar-refractivity contribution in [3.8, 4) is 22.8 Å². The van der Waals surface area contributed by atoms with Crippen LogP contribution < -0.4 is 14.8 Å². The Morgan fingerprint density at radius 3 is 2.34 bits per heavy atom. The van der Waals surface area contributed by atoms with Crippen LogP contribution in [0.15, 0.2) is 77.7 Å². The molecule has 4 rings (SSSR count). The molecule has 9 heteroatoms. The first kappa shape index (κ1) is 24.2. The molecule has 8 nitrogen and oxygen atoms in total. The second-order valence-electron chi connectivity index (χ2n) is 7.91. The second-order valence-corrected chi connectivity index (χ2v) is 10.1. The molecule has 4 aromatic rings. The van der Waals surface area contributed by atoms with E-state index in [2.05, 4.69) is 5.32 Å². The summed E-state index contributed by atoms with van der Waals surface area (Å²) in [6.07, 6.45) is 0. The van der Waals surface area contributed by atoms with Crippen LogP contribution >= 0.6 is 0 Å². The number of carbonyl (C=O) groups is 1. The Kier molecular flexibility index (Phi) is 6.72. The highest BCUT2D eigenvalue weighted by Crippen LogP contribution is 2.33. The van der Waals surface area contributed by atoms with E-state index in [1.54, 1.807) is 44.6 Å². The van der Waals surface area contributed by atoms with Crippen LogP contribution in [0.4, 0.5) is 5.69 Å². The molecule has 0 aliphatic carbocycles. The van der Waals surface area contributed by atoms with Crippen LogP contribution in [0.25, 0.3) is 22.2 Å². The third-order valence-electron chi connectivity index (χ3n) is 5.51. The van der Waals surface area contributed by atoms with Gasteiger partial charge in [-0.1, -0.05) is 24.3 Å². The minimum absolute atomic E-state index is 0.0888. The summed E-state index contributed by atoms with van der Waals surface area (Å²) in [5.41, 5.74) is 2.75. The zero-order chi connectivity index (χ0) is 25.2. The summed E-state index contributed by atoms with van der Waals surface area (Å²) in [7, 11) is 2.39. The van der Waals surface area contributed by atoms with E-state index in [9.17, 15) is 13.2 Å². The molecule has 1 heterocycles. The van der Waals surface area contributed by atoms with Gasteiger partial charge in [0, 0.05) is 30.7 Å². The number of para-hydroxylation sites is 1. The number of hydrogen-bond donors (Lipinski definition) is 1. The second kappa shape index (κ2) is 9.73. The van der Waals surface area contributed by atoms with E-state index in [0.717, 1.165) is 9.87 Å². The molecule has 180 valence electrons. The predicted molar refractivity (Wildman–Crippen MR) is 136 cm³/mol. The van der Waals surface area contributed by atoms with Gasteiger partial charge >= 0.3 is 0 Å². The van der Waals surface area contributed by atoms with Gasteiger partial charge in [-0.3, -0.25) is 4.79 Å². The number of benzene rings is 3. The van der Waals surface area contributed by atoms with Gasteiger partial charge in [0.25, 0.3) is 5.91 Å². The summed E-state index contributed by atoms with van der Waals surface area (Å²) in [6, 6.07) is 20.6. The Balaban J connectivity index is 1.76. The number of hydrogen-bond acceptors (Lipinski definition) is 6. The molecule has 0 atom stereocenters. The third-order valence-corrected chi connectivity index (χ3v) is 7.32. The molecule has 0 bridgehead atoms. The van der Waals surface area contributed by atoms with Crippen molar-refractivity contribution in [2.75, 3.05) is 33.6 Å². The van der Waals surface area contributed by atoms with Gasteiger partial charge in [0.2, 0.25) is 10.0 Å². The van der Waals surface area contributed by atoms with Gasteiger partial charge in [-0.15, -0.1) is 0 Å². The van der Waals surface area contributed by atoms with E-state index in [-0.39, 0.29) is 10.8 Å². The lowest BCUT2D eigenvalue weighted by Crippen LogP contribution is -2.22. The van der Waals surface area contributed by atoms with Crippen LogP contribution in [0.5, 0.6) is 11.5 Å². The number of rotatable bonds is 7. The minimum atomic E-state index is -3.64. The van der Waals surface area contributed by atoms with E-state index in [1.807, 2.05) is 30.3 Å². The normalized spacial score (nSPS) is 11.5. The lowest BCUT2D eigenvalue weighted by molar-refractivity contribution is 0.102. The first-order valence-electron chi connectivity index (χ1n) is 10.7. The lowest BCUT2D eigenvalue weighted by Gasteiger charge is -2.14. The molecule has 0 spiro atoms. The number of anilines is 1. The highest BCUT2D eigenvalue weighted by atomic mass is 32.2. The van der Waals surface area contributed by atoms with Crippen molar-refractivity contribution in [2.45, 2.75) is 4.90 Å². The summed E-state index contributed by atoms with van der Waals surface area (Å²) >= 11 is 0. The highest BCUT2D eigenvalue weighted by molar-refractivity contribution is 7.89. The number of sulfonamides is 1. The van der Waals surface area contributed by atoms with Crippen LogP contribution in [0, 0.1) is 0 Å². The zero-order valence-electron chi connectivity index (χ0n) is 19.8. The number of methoxy groups -OCH3 is 2. The SMILES string of the molecule is COc1ccc(-c2cc(C(=O)Nc3cccc(S(=O)(=O)N(C)C)c3)c3ccccc3n2)cc1OC. The number of carbonyl (C=O) groups excluding carboxylic acids is 1. The Morgan fingerprint density at radius 1 is 0.886 bits per heavy atom. The van der Waals surface area contributed by atoms with E-state index < -0.39 is 10.0 Å². The molecule has 0 fully saturated rings. The average Bonchev–Trinajstić information content (AvgIpc) is 2.87. The molecular formula is C26H25N3O5S. The Morgan fingerprint density at radius 2 is 1.63 bits per heavy atom. The number of aromatic nitrogens is 1. The van der Waals surface area contributed by atoms with Crippen LogP contribution in [0.2, 0.25) is 0 Å². The van der Waals surface area contributed by atoms with Crippen LogP contribution in [0.3, 0.4) is 0 Å². The van der Waals surface area contributed by atoms with Crippen molar-refractivity contribution >= 4 is 32.5 Å². The summed E-state index contributed by atoms with van der Waals surface area (Å²) in [5.74, 6) is 0.747. The number of nitrogens with one attached hydrogen (secondary N) is 1. The molecule has 0 saturated heterocycles. The van der Waals surface area contributed by atoms with Gasteiger partial charge in [-0.2, -0.15) is 0 Å². The monoisotopic (exact) mass is 491 g/mol. The van der Waals surface area contributed by atoms with Gasteiger partial charge in [-0.25, -0.2) is 17.7 Å². The molecule has 0 aliphatic rings. The maximum atomic E-state index is 13.4. The van der Waals surface area contributed by atoms with Crippen molar-refractivity contribution < 1.29 is 22.7 Å². The number of amides is 1. The summed E-state index contributed by atoms with van der Waals surface area (Å²) < 4.78 is 36.9. The minimum Gasteiger partial charge on any atom is -0.493 e. The van der Waals surface area contributed by atoms with E-state index in [0.29, 0.717) is 39.3 Å². The quantitative estimate of drug-likeness (QED) is 0.411. The van der Waals surface area contributed by atoms with Gasteiger partial charge in [0.05, 0.1) is 35.9 Å². The summed E-state index contributed by atoms with van der Waals surface area (Å²) in [5, 5.41) is 3.50. The molecule has 0 unspecified atom stereocenters. The molecule has 0 aliphatic heterocycles. The van der Waals surface area contributed by atoms with E-state index in [4.69, 9.17) is 14.5 Å². The van der Waals surface area contributed by atoms with E-state index >= 15 is 0 Å². The molecule has 1 aromatic heterocycles. The fourth-order valence-electron chi connectivity index (χ4n) is 3.65. The third kappa shape index (κ3) is 4.82. The molecule has 0 saturated carbocycles. The molecule has 1 amide bonds. The first-order valence-corrected chi connectivity index (χ1v) is 12.1. The molecule has 3 aromatic carbocycles. The van der Waals surface area contributed by atoms with Crippen molar-refractivity contribution in [1.29, 1.82) is 0 Å². The maximum absolute atomic E-state index is 13.4. The Hall–Kier alpha value is -3.95. The van der Waals surface area contributed by atoms with Gasteiger partial charge in [0.15, 0.2) is 11.5 Å². The molecule has 35 heavy (non-hydrogen) atoms. The highest BCUT2D eigenvalue weighted by Gasteiger charge is 2.19. The number of fused-ring (bicyclic) bond motifs is 1. The van der Waals surface area contributed by atoms with E-state index in [1.165, 1.54) is 26.2 Å². The Labute approximate surface area is 204 Å². The maximum Gasteiger partial charge on any atom is 0.256 e. The van der Waals surface area contributed by atoms with Gasteiger partial charge in [-0.05, 0) is 48.5 Å². The van der Waals surface area contributed by atoms with Crippen molar-refractivity contribution in [1.82, 2.24) is 9.29 Å². The first-order chi connectivity index (χ1) is 16.7. The number of ether oxygens (including phenoxy) is 2. The largest absolute Gasteiger partial charge is 0.493 e. The van der Waals surface area contributed by atoms with Crippen molar-refractivity contribution in [2.24, 2.45) is 0 Å². The average molecular weight is 492 g/mol. The van der Waals surface area contributed by atoms with Crippen molar-refractivity contribution in [3.63, 3.8) is 0 Å². The smallest absolute Gasteiger partial charge is 0.256 e. The van der Waals surface area contributed by atoms with Crippen molar-refractivity contribution in [3.05, 3.63) is 78.4 Å². The summed E-state index contributed by atoms with van der Waals surface area (Å²) in [6.45, 7) is 0. The summed E-state index contributed by atoms with van der Waals surface area (Å²) in [4.78, 5) is 18.2. The standard InChI is InChI=1S/C26H25N3O5S/c1-29(2)35(31,32)19-9-7-8-18(15-19)27-26(30)21-16-23(28-22-11-6-5-10-20(21)22)17-12-13-24(33-3)25(14-17)34-4/h5-16H,1-4H3,(H,27,30).